The van der Waals surface area contributed by atoms with E-state index < -0.39 is 30.0 Å². The molecule has 0 unspecified atom stereocenters. The molecule has 0 fully saturated rings. The zero-order valence-electron chi connectivity index (χ0n) is 13.1. The standard InChI is InChI=1S/C16H12Cl2N2O6/c17-10-1-6-14(13(18)7-10)19-15(21)8-26-16(22)9-25-12-4-2-11(3-5-12)20(23)24/h1-7H,8-9H2,(H,19,21). The van der Waals surface area contributed by atoms with Crippen molar-refractivity contribution in [1.29, 1.82) is 0 Å². The van der Waals surface area contributed by atoms with Crippen LogP contribution in [0.4, 0.5) is 11.4 Å². The smallest absolute Gasteiger partial charge is 0.344 e. The second-order valence-electron chi connectivity index (χ2n) is 4.87. The van der Waals surface area contributed by atoms with Gasteiger partial charge in [-0.25, -0.2) is 4.79 Å². The minimum Gasteiger partial charge on any atom is -0.482 e. The van der Waals surface area contributed by atoms with Crippen LogP contribution in [-0.4, -0.2) is 30.0 Å². The molecule has 0 aromatic heterocycles. The molecule has 0 aliphatic heterocycles. The number of nitro groups is 1. The van der Waals surface area contributed by atoms with Crippen LogP contribution in [0.1, 0.15) is 0 Å². The van der Waals surface area contributed by atoms with Gasteiger partial charge in [-0.2, -0.15) is 0 Å². The third-order valence-corrected chi connectivity index (χ3v) is 3.52. The molecule has 0 aliphatic rings. The topological polar surface area (TPSA) is 108 Å². The number of halogens is 2. The molecule has 0 saturated carbocycles. The van der Waals surface area contributed by atoms with Gasteiger partial charge in [-0.05, 0) is 30.3 Å². The Hall–Kier alpha value is -2.84. The molecular formula is C16H12Cl2N2O6. The summed E-state index contributed by atoms with van der Waals surface area (Å²) >= 11 is 11.7. The van der Waals surface area contributed by atoms with E-state index in [2.05, 4.69) is 5.32 Å². The van der Waals surface area contributed by atoms with Crippen molar-refractivity contribution in [2.75, 3.05) is 18.5 Å². The highest BCUT2D eigenvalue weighted by atomic mass is 35.5. The Morgan fingerprint density at radius 1 is 1.08 bits per heavy atom. The molecule has 0 heterocycles. The molecule has 1 N–H and O–H groups in total. The van der Waals surface area contributed by atoms with Crippen molar-refractivity contribution >= 4 is 46.5 Å². The Morgan fingerprint density at radius 2 is 1.77 bits per heavy atom. The third kappa shape index (κ3) is 5.91. The summed E-state index contributed by atoms with van der Waals surface area (Å²) in [4.78, 5) is 33.3. The van der Waals surface area contributed by atoms with Crippen molar-refractivity contribution in [3.63, 3.8) is 0 Å². The number of ether oxygens (including phenoxy) is 2. The van der Waals surface area contributed by atoms with E-state index >= 15 is 0 Å². The van der Waals surface area contributed by atoms with E-state index in [-0.39, 0.29) is 16.5 Å². The van der Waals surface area contributed by atoms with Gasteiger partial charge >= 0.3 is 5.97 Å². The van der Waals surface area contributed by atoms with Crippen molar-refractivity contribution in [2.24, 2.45) is 0 Å². The lowest BCUT2D eigenvalue weighted by Crippen LogP contribution is -2.23. The van der Waals surface area contributed by atoms with Crippen LogP contribution in [-0.2, 0) is 14.3 Å². The molecule has 0 atom stereocenters. The molecular weight excluding hydrogens is 387 g/mol. The van der Waals surface area contributed by atoms with E-state index in [0.29, 0.717) is 10.7 Å². The van der Waals surface area contributed by atoms with E-state index in [1.165, 1.54) is 36.4 Å². The van der Waals surface area contributed by atoms with Crippen molar-refractivity contribution < 1.29 is 24.0 Å². The van der Waals surface area contributed by atoms with E-state index in [9.17, 15) is 19.7 Å². The average Bonchev–Trinajstić information content (AvgIpc) is 2.61. The van der Waals surface area contributed by atoms with Crippen LogP contribution in [0.5, 0.6) is 5.75 Å². The third-order valence-electron chi connectivity index (χ3n) is 2.97. The highest BCUT2D eigenvalue weighted by Gasteiger charge is 2.11. The van der Waals surface area contributed by atoms with Crippen LogP contribution < -0.4 is 10.1 Å². The van der Waals surface area contributed by atoms with E-state index in [0.717, 1.165) is 0 Å². The molecule has 0 spiro atoms. The first-order valence-corrected chi connectivity index (χ1v) is 7.88. The molecule has 136 valence electrons. The van der Waals surface area contributed by atoms with Crippen molar-refractivity contribution in [2.45, 2.75) is 0 Å². The molecule has 0 aliphatic carbocycles. The van der Waals surface area contributed by atoms with Crippen LogP contribution in [0.3, 0.4) is 0 Å². The van der Waals surface area contributed by atoms with Gasteiger partial charge < -0.3 is 14.8 Å². The number of hydrogen-bond acceptors (Lipinski definition) is 6. The number of nitrogens with one attached hydrogen (secondary N) is 1. The Morgan fingerprint density at radius 3 is 2.38 bits per heavy atom. The molecule has 2 rings (SSSR count). The first-order valence-electron chi connectivity index (χ1n) is 7.13. The summed E-state index contributed by atoms with van der Waals surface area (Å²) in [5.74, 6) is -1.11. The van der Waals surface area contributed by atoms with Crippen LogP contribution >= 0.6 is 23.2 Å². The number of non-ortho nitro benzene ring substituents is 1. The van der Waals surface area contributed by atoms with Gasteiger partial charge in [0.05, 0.1) is 15.6 Å². The lowest BCUT2D eigenvalue weighted by molar-refractivity contribution is -0.384. The van der Waals surface area contributed by atoms with Gasteiger partial charge in [0, 0.05) is 17.2 Å². The summed E-state index contributed by atoms with van der Waals surface area (Å²) in [7, 11) is 0. The highest BCUT2D eigenvalue weighted by molar-refractivity contribution is 6.36. The summed E-state index contributed by atoms with van der Waals surface area (Å²) in [6.45, 7) is -0.978. The molecule has 0 saturated heterocycles. The zero-order valence-corrected chi connectivity index (χ0v) is 14.6. The van der Waals surface area contributed by atoms with E-state index in [1.54, 1.807) is 6.07 Å². The number of nitro benzene ring substituents is 1. The largest absolute Gasteiger partial charge is 0.482 e. The summed E-state index contributed by atoms with van der Waals surface area (Å²) in [5, 5.41) is 13.7. The van der Waals surface area contributed by atoms with Crippen LogP contribution in [0.15, 0.2) is 42.5 Å². The quantitative estimate of drug-likeness (QED) is 0.434. The second-order valence-corrected chi connectivity index (χ2v) is 5.72. The fraction of sp³-hybridized carbons (Fsp3) is 0.125. The van der Waals surface area contributed by atoms with Gasteiger partial charge in [-0.1, -0.05) is 23.2 Å². The van der Waals surface area contributed by atoms with Gasteiger partial charge in [-0.15, -0.1) is 0 Å². The maximum Gasteiger partial charge on any atom is 0.344 e. The maximum atomic E-state index is 11.7. The summed E-state index contributed by atoms with van der Waals surface area (Å²) in [6.07, 6.45) is 0. The predicted molar refractivity (Wildman–Crippen MR) is 94.6 cm³/mol. The van der Waals surface area contributed by atoms with Crippen molar-refractivity contribution in [3.05, 3.63) is 62.6 Å². The first-order chi connectivity index (χ1) is 12.3. The van der Waals surface area contributed by atoms with Crippen LogP contribution in [0.2, 0.25) is 10.0 Å². The lowest BCUT2D eigenvalue weighted by atomic mass is 10.3. The number of amides is 1. The molecule has 2 aromatic carbocycles. The lowest BCUT2D eigenvalue weighted by Gasteiger charge is -2.09. The maximum absolute atomic E-state index is 11.7. The Bertz CT molecular complexity index is 826. The predicted octanol–water partition coefficient (Wildman–Crippen LogP) is 3.46. The highest BCUT2D eigenvalue weighted by Crippen LogP contribution is 2.25. The molecule has 26 heavy (non-hydrogen) atoms. The Labute approximate surface area is 157 Å². The van der Waals surface area contributed by atoms with Gasteiger partial charge in [0.25, 0.3) is 11.6 Å². The van der Waals surface area contributed by atoms with Crippen molar-refractivity contribution in [1.82, 2.24) is 0 Å². The van der Waals surface area contributed by atoms with Crippen LogP contribution in [0.25, 0.3) is 0 Å². The van der Waals surface area contributed by atoms with Crippen LogP contribution in [0, 0.1) is 10.1 Å². The van der Waals surface area contributed by atoms with Crippen molar-refractivity contribution in [3.8, 4) is 5.75 Å². The molecule has 0 bridgehead atoms. The minimum absolute atomic E-state index is 0.0996. The van der Waals surface area contributed by atoms with E-state index in [4.69, 9.17) is 32.7 Å². The molecule has 0 radical (unpaired) electrons. The monoisotopic (exact) mass is 398 g/mol. The fourth-order valence-electron chi connectivity index (χ4n) is 1.77. The van der Waals surface area contributed by atoms with Gasteiger partial charge in [0.15, 0.2) is 13.2 Å². The number of anilines is 1. The van der Waals surface area contributed by atoms with Gasteiger partial charge in [0.2, 0.25) is 0 Å². The SMILES string of the molecule is O=C(COC(=O)COc1ccc([N+](=O)[O-])cc1)Nc1ccc(Cl)cc1Cl. The summed E-state index contributed by atoms with van der Waals surface area (Å²) in [6, 6.07) is 9.70. The van der Waals surface area contributed by atoms with Gasteiger partial charge in [0.1, 0.15) is 5.75 Å². The number of esters is 1. The molecule has 10 heteroatoms. The number of nitrogens with zero attached hydrogens (tertiary/aromatic N) is 1. The first kappa shape index (κ1) is 19.5. The molecule has 1 amide bonds. The second kappa shape index (κ2) is 9.02. The summed E-state index contributed by atoms with van der Waals surface area (Å²) in [5.41, 5.74) is 0.233. The molecule has 8 nitrogen and oxygen atoms in total. The fourth-order valence-corrected chi connectivity index (χ4v) is 2.23. The zero-order chi connectivity index (χ0) is 19.1. The number of carbonyl (C=O) groups is 2. The normalized spacial score (nSPS) is 10.1. The number of carbonyl (C=O) groups excluding carboxylic acids is 2. The van der Waals surface area contributed by atoms with E-state index in [1.807, 2.05) is 0 Å². The molecule has 2 aromatic rings. The summed E-state index contributed by atoms with van der Waals surface area (Å²) < 4.78 is 9.89. The number of rotatable bonds is 7. The minimum atomic E-state index is -0.777. The number of hydrogen-bond donors (Lipinski definition) is 1. The Kier molecular flexibility index (Phi) is 6.76. The average molecular weight is 399 g/mol. The van der Waals surface area contributed by atoms with Gasteiger partial charge in [-0.3, -0.25) is 14.9 Å². The Balaban J connectivity index is 1.75. The number of benzene rings is 2.